The van der Waals surface area contributed by atoms with Crippen molar-refractivity contribution in [2.24, 2.45) is 0 Å². The van der Waals surface area contributed by atoms with Gasteiger partial charge in [-0.1, -0.05) is 6.42 Å². The molecule has 9 heteroatoms. The molecule has 25 heavy (non-hydrogen) atoms. The van der Waals surface area contributed by atoms with Gasteiger partial charge in [0.25, 0.3) is 15.9 Å². The van der Waals surface area contributed by atoms with Crippen LogP contribution in [0.25, 0.3) is 0 Å². The minimum Gasteiger partial charge on any atom is -0.438 e. The fourth-order valence-corrected chi connectivity index (χ4v) is 4.61. The molecule has 2 aliphatic heterocycles. The highest BCUT2D eigenvalue weighted by Crippen LogP contribution is 2.23. The van der Waals surface area contributed by atoms with Gasteiger partial charge in [0.1, 0.15) is 0 Å². The molecule has 2 saturated heterocycles. The second-order valence-electron chi connectivity index (χ2n) is 6.38. The smallest absolute Gasteiger partial charge is 0.289 e. The summed E-state index contributed by atoms with van der Waals surface area (Å²) in [6.45, 7) is 4.24. The summed E-state index contributed by atoms with van der Waals surface area (Å²) in [5, 5.41) is -0.180. The second kappa shape index (κ2) is 7.17. The first-order valence-electron chi connectivity index (χ1n) is 8.54. The molecule has 0 spiro atoms. The molecule has 0 aliphatic carbocycles. The molecule has 2 fully saturated rings. The van der Waals surface area contributed by atoms with Crippen molar-refractivity contribution in [2.75, 3.05) is 39.3 Å². The van der Waals surface area contributed by atoms with Crippen LogP contribution in [0.15, 0.2) is 21.6 Å². The van der Waals surface area contributed by atoms with Crippen molar-refractivity contribution in [3.8, 4) is 0 Å². The molecule has 0 bridgehead atoms. The molecular formula is C16H23N3O5S. The van der Waals surface area contributed by atoms with Crippen LogP contribution in [0.2, 0.25) is 0 Å². The third-order valence-electron chi connectivity index (χ3n) is 4.71. The number of hydrogen-bond acceptors (Lipinski definition) is 5. The Morgan fingerprint density at radius 3 is 2.12 bits per heavy atom. The molecule has 138 valence electrons. The van der Waals surface area contributed by atoms with Gasteiger partial charge in [-0.15, -0.1) is 0 Å². The summed E-state index contributed by atoms with van der Waals surface area (Å²) in [4.78, 5) is 27.1. The summed E-state index contributed by atoms with van der Waals surface area (Å²) in [7, 11) is -3.68. The van der Waals surface area contributed by atoms with Gasteiger partial charge in [-0.25, -0.2) is 8.42 Å². The standard InChI is InChI=1S/C16H23N3O5S/c1-13(20)17-9-11-18(12-10-17)16(21)14-5-6-15(24-14)25(22,23)19-7-3-2-4-8-19/h5-6H,2-4,7-12H2,1H3. The highest BCUT2D eigenvalue weighted by molar-refractivity contribution is 7.89. The average molecular weight is 369 g/mol. The van der Waals surface area contributed by atoms with Crippen molar-refractivity contribution in [1.29, 1.82) is 0 Å². The van der Waals surface area contributed by atoms with Crippen LogP contribution in [0, 0.1) is 0 Å². The Kier molecular flexibility index (Phi) is 5.14. The van der Waals surface area contributed by atoms with E-state index >= 15 is 0 Å². The molecule has 0 N–H and O–H groups in total. The lowest BCUT2D eigenvalue weighted by molar-refractivity contribution is -0.130. The predicted molar refractivity (Wildman–Crippen MR) is 89.5 cm³/mol. The van der Waals surface area contributed by atoms with Crippen molar-refractivity contribution in [2.45, 2.75) is 31.3 Å². The zero-order valence-electron chi connectivity index (χ0n) is 14.3. The van der Waals surface area contributed by atoms with E-state index in [9.17, 15) is 18.0 Å². The number of carbonyl (C=O) groups excluding carboxylic acids is 2. The maximum Gasteiger partial charge on any atom is 0.289 e. The molecule has 1 aromatic rings. The molecule has 0 unspecified atom stereocenters. The molecule has 8 nitrogen and oxygen atoms in total. The number of nitrogens with zero attached hydrogens (tertiary/aromatic N) is 3. The van der Waals surface area contributed by atoms with Crippen LogP contribution in [-0.4, -0.2) is 73.6 Å². The van der Waals surface area contributed by atoms with Crippen molar-refractivity contribution in [1.82, 2.24) is 14.1 Å². The van der Waals surface area contributed by atoms with Crippen molar-refractivity contribution >= 4 is 21.8 Å². The number of piperidine rings is 1. The largest absolute Gasteiger partial charge is 0.438 e. The van der Waals surface area contributed by atoms with E-state index in [-0.39, 0.29) is 22.7 Å². The van der Waals surface area contributed by atoms with Crippen LogP contribution in [0.5, 0.6) is 0 Å². The number of hydrogen-bond donors (Lipinski definition) is 0. The lowest BCUT2D eigenvalue weighted by Crippen LogP contribution is -2.50. The molecule has 3 rings (SSSR count). The molecule has 1 aromatic heterocycles. The first kappa shape index (κ1) is 17.9. The van der Waals surface area contributed by atoms with E-state index < -0.39 is 10.0 Å². The number of furan rings is 1. The minimum atomic E-state index is -3.68. The van der Waals surface area contributed by atoms with Crippen molar-refractivity contribution in [3.63, 3.8) is 0 Å². The van der Waals surface area contributed by atoms with Gasteiger partial charge in [0, 0.05) is 46.2 Å². The van der Waals surface area contributed by atoms with Crippen LogP contribution < -0.4 is 0 Å². The maximum absolute atomic E-state index is 12.6. The fourth-order valence-electron chi connectivity index (χ4n) is 3.19. The van der Waals surface area contributed by atoms with Gasteiger partial charge in [-0.05, 0) is 25.0 Å². The number of piperazine rings is 1. The molecule has 0 aromatic carbocycles. The third kappa shape index (κ3) is 3.72. The monoisotopic (exact) mass is 369 g/mol. The summed E-state index contributed by atoms with van der Waals surface area (Å²) in [6.07, 6.45) is 2.71. The van der Waals surface area contributed by atoms with Crippen LogP contribution in [0.4, 0.5) is 0 Å². The highest BCUT2D eigenvalue weighted by Gasteiger charge is 2.31. The summed E-state index contributed by atoms with van der Waals surface area (Å²) >= 11 is 0. The molecule has 2 amide bonds. The lowest BCUT2D eigenvalue weighted by Gasteiger charge is -2.33. The summed E-state index contributed by atoms with van der Waals surface area (Å²) in [6, 6.07) is 2.76. The zero-order valence-corrected chi connectivity index (χ0v) is 15.1. The van der Waals surface area contributed by atoms with Crippen molar-refractivity contribution in [3.05, 3.63) is 17.9 Å². The topological polar surface area (TPSA) is 91.1 Å². The van der Waals surface area contributed by atoms with Gasteiger partial charge in [-0.3, -0.25) is 9.59 Å². The Morgan fingerprint density at radius 2 is 1.52 bits per heavy atom. The van der Waals surface area contributed by atoms with Gasteiger partial charge in [-0.2, -0.15) is 4.31 Å². The Balaban J connectivity index is 1.69. The van der Waals surface area contributed by atoms with Gasteiger partial charge in [0.2, 0.25) is 11.0 Å². The SMILES string of the molecule is CC(=O)N1CCN(C(=O)c2ccc(S(=O)(=O)N3CCCCC3)o2)CC1. The van der Waals surface area contributed by atoms with Crippen LogP contribution in [-0.2, 0) is 14.8 Å². The lowest BCUT2D eigenvalue weighted by atomic mass is 10.2. The van der Waals surface area contributed by atoms with Gasteiger partial charge >= 0.3 is 0 Å². The Hall–Kier alpha value is -1.87. The molecular weight excluding hydrogens is 346 g/mol. The molecule has 2 aliphatic rings. The van der Waals surface area contributed by atoms with E-state index in [4.69, 9.17) is 4.42 Å². The highest BCUT2D eigenvalue weighted by atomic mass is 32.2. The van der Waals surface area contributed by atoms with E-state index in [1.807, 2.05) is 0 Å². The normalized spacial score (nSPS) is 19.9. The Labute approximate surface area is 147 Å². The van der Waals surface area contributed by atoms with E-state index in [0.29, 0.717) is 39.3 Å². The first-order chi connectivity index (χ1) is 11.9. The van der Waals surface area contributed by atoms with Crippen molar-refractivity contribution < 1.29 is 22.4 Å². The maximum atomic E-state index is 12.6. The summed E-state index contributed by atoms with van der Waals surface area (Å²) < 4.78 is 32.0. The molecule has 0 saturated carbocycles. The van der Waals surface area contributed by atoms with E-state index in [1.54, 1.807) is 9.80 Å². The van der Waals surface area contributed by atoms with E-state index in [1.165, 1.54) is 23.4 Å². The third-order valence-corrected chi connectivity index (χ3v) is 6.49. The van der Waals surface area contributed by atoms with Crippen LogP contribution >= 0.6 is 0 Å². The quantitative estimate of drug-likeness (QED) is 0.784. The Morgan fingerprint density at radius 1 is 0.920 bits per heavy atom. The average Bonchev–Trinajstić information content (AvgIpc) is 3.13. The molecule has 0 radical (unpaired) electrons. The van der Waals surface area contributed by atoms with E-state index in [0.717, 1.165) is 19.3 Å². The summed E-state index contributed by atoms with van der Waals surface area (Å²) in [5.41, 5.74) is 0. The van der Waals surface area contributed by atoms with Gasteiger partial charge in [0.05, 0.1) is 0 Å². The number of amides is 2. The molecule has 0 atom stereocenters. The second-order valence-corrected chi connectivity index (χ2v) is 8.25. The number of carbonyl (C=O) groups is 2. The number of sulfonamides is 1. The van der Waals surface area contributed by atoms with Gasteiger partial charge in [0.15, 0.2) is 5.76 Å². The number of rotatable bonds is 3. The minimum absolute atomic E-state index is 0.0139. The van der Waals surface area contributed by atoms with E-state index in [2.05, 4.69) is 0 Å². The van der Waals surface area contributed by atoms with Crippen LogP contribution in [0.3, 0.4) is 0 Å². The van der Waals surface area contributed by atoms with Gasteiger partial charge < -0.3 is 14.2 Å². The zero-order chi connectivity index (χ0) is 18.0. The van der Waals surface area contributed by atoms with Crippen LogP contribution in [0.1, 0.15) is 36.7 Å². The molecule has 3 heterocycles. The summed E-state index contributed by atoms with van der Waals surface area (Å²) in [5.74, 6) is -0.338. The fraction of sp³-hybridized carbons (Fsp3) is 0.625. The predicted octanol–water partition coefficient (Wildman–Crippen LogP) is 0.759. The first-order valence-corrected chi connectivity index (χ1v) is 9.98. The Bertz CT molecular complexity index is 744.